The van der Waals surface area contributed by atoms with Gasteiger partial charge < -0.3 is 4.90 Å². The third kappa shape index (κ3) is 3.21. The minimum atomic E-state index is -3.52. The van der Waals surface area contributed by atoms with Gasteiger partial charge in [-0.2, -0.15) is 4.31 Å². The topological polar surface area (TPSA) is 71.3 Å². The molecule has 2 rings (SSSR count). The summed E-state index contributed by atoms with van der Waals surface area (Å²) in [5, 5.41) is 7.62. The monoisotopic (exact) mass is 365 g/mol. The average Bonchev–Trinajstić information content (AvgIpc) is 2.69. The van der Waals surface area contributed by atoms with Gasteiger partial charge in [-0.05, 0) is 48.8 Å². The van der Waals surface area contributed by atoms with E-state index in [-0.39, 0.29) is 9.63 Å². The van der Waals surface area contributed by atoms with E-state index in [0.717, 1.165) is 19.4 Å². The molecule has 7 nitrogen and oxygen atoms in total. The summed E-state index contributed by atoms with van der Waals surface area (Å²) in [5.41, 5.74) is 0. The lowest BCUT2D eigenvalue weighted by Crippen LogP contribution is -2.41. The van der Waals surface area contributed by atoms with Gasteiger partial charge in [-0.3, -0.25) is 0 Å². The molecule has 9 heteroatoms. The number of hydrogen-bond donors (Lipinski definition) is 0. The Morgan fingerprint density at radius 3 is 2.40 bits per heavy atom. The first kappa shape index (κ1) is 15.9. The molecule has 1 aromatic heterocycles. The highest BCUT2D eigenvalue weighted by Gasteiger charge is 2.33. The smallest absolute Gasteiger partial charge is 0.263 e. The standard InChI is InChI=1S/C11H20BrN5O2S/c1-15(2)8-9-4-6-17(7-5-9)20(18,19)11-10(12)13-14-16(11)3/h9H,4-8H2,1-3H3. The van der Waals surface area contributed by atoms with Crippen LogP contribution in [0.4, 0.5) is 0 Å². The molecule has 1 saturated heterocycles. The molecule has 114 valence electrons. The summed E-state index contributed by atoms with van der Waals surface area (Å²) in [6.45, 7) is 2.11. The number of halogens is 1. The lowest BCUT2D eigenvalue weighted by Gasteiger charge is -2.32. The van der Waals surface area contributed by atoms with Crippen molar-refractivity contribution in [2.45, 2.75) is 17.9 Å². The second-order valence-electron chi connectivity index (χ2n) is 5.42. The Labute approximate surface area is 128 Å². The minimum absolute atomic E-state index is 0.128. The van der Waals surface area contributed by atoms with Gasteiger partial charge in [-0.15, -0.1) is 5.10 Å². The molecule has 0 saturated carbocycles. The van der Waals surface area contributed by atoms with Crippen molar-refractivity contribution in [2.75, 3.05) is 33.7 Å². The second kappa shape index (κ2) is 6.08. The summed E-state index contributed by atoms with van der Waals surface area (Å²) in [5.74, 6) is 0.560. The molecule has 0 radical (unpaired) electrons. The van der Waals surface area contributed by atoms with Crippen LogP contribution in [0.1, 0.15) is 12.8 Å². The van der Waals surface area contributed by atoms with Crippen LogP contribution in [0.5, 0.6) is 0 Å². The van der Waals surface area contributed by atoms with Gasteiger partial charge in [-0.1, -0.05) is 5.21 Å². The number of piperidine rings is 1. The van der Waals surface area contributed by atoms with Gasteiger partial charge in [0.1, 0.15) is 0 Å². The van der Waals surface area contributed by atoms with Gasteiger partial charge in [0.25, 0.3) is 10.0 Å². The van der Waals surface area contributed by atoms with Crippen LogP contribution in [-0.4, -0.2) is 66.3 Å². The predicted molar refractivity (Wildman–Crippen MR) is 78.7 cm³/mol. The molecule has 0 atom stereocenters. The molecule has 1 aliphatic rings. The van der Waals surface area contributed by atoms with E-state index in [2.05, 4.69) is 31.1 Å². The van der Waals surface area contributed by atoms with Crippen LogP contribution in [0.3, 0.4) is 0 Å². The summed E-state index contributed by atoms with van der Waals surface area (Å²) in [4.78, 5) is 2.15. The van der Waals surface area contributed by atoms with Crippen LogP contribution in [0, 0.1) is 5.92 Å². The fourth-order valence-corrected chi connectivity index (χ4v) is 5.07. The highest BCUT2D eigenvalue weighted by atomic mass is 79.9. The van der Waals surface area contributed by atoms with Crippen molar-refractivity contribution in [1.82, 2.24) is 24.2 Å². The maximum Gasteiger partial charge on any atom is 0.263 e. The van der Waals surface area contributed by atoms with Gasteiger partial charge in [0.2, 0.25) is 5.03 Å². The van der Waals surface area contributed by atoms with Gasteiger partial charge in [0.05, 0.1) is 0 Å². The fourth-order valence-electron chi connectivity index (χ4n) is 2.57. The van der Waals surface area contributed by atoms with Gasteiger partial charge in [-0.25, -0.2) is 13.1 Å². The van der Waals surface area contributed by atoms with E-state index in [1.54, 1.807) is 7.05 Å². The Morgan fingerprint density at radius 1 is 1.35 bits per heavy atom. The van der Waals surface area contributed by atoms with Gasteiger partial charge in [0.15, 0.2) is 4.60 Å². The summed E-state index contributed by atoms with van der Waals surface area (Å²) in [7, 11) is 2.15. The van der Waals surface area contributed by atoms with Crippen molar-refractivity contribution in [3.63, 3.8) is 0 Å². The Morgan fingerprint density at radius 2 is 1.95 bits per heavy atom. The lowest BCUT2D eigenvalue weighted by atomic mass is 9.98. The van der Waals surface area contributed by atoms with Crippen LogP contribution in [0.25, 0.3) is 0 Å². The molecule has 1 aromatic rings. The van der Waals surface area contributed by atoms with Crippen molar-refractivity contribution in [1.29, 1.82) is 0 Å². The Bertz CT molecular complexity index is 544. The first-order valence-electron chi connectivity index (χ1n) is 6.52. The molecule has 0 aromatic carbocycles. The quantitative estimate of drug-likeness (QED) is 0.778. The molecule has 0 bridgehead atoms. The summed E-state index contributed by atoms with van der Waals surface area (Å²) in [6, 6.07) is 0. The molecular weight excluding hydrogens is 346 g/mol. The maximum absolute atomic E-state index is 12.6. The molecule has 1 aliphatic heterocycles. The van der Waals surface area contributed by atoms with Crippen molar-refractivity contribution in [3.05, 3.63) is 4.60 Å². The van der Waals surface area contributed by atoms with E-state index in [9.17, 15) is 8.42 Å². The van der Waals surface area contributed by atoms with Gasteiger partial charge >= 0.3 is 0 Å². The van der Waals surface area contributed by atoms with Crippen molar-refractivity contribution < 1.29 is 8.42 Å². The number of rotatable bonds is 4. The number of nitrogens with zero attached hydrogens (tertiary/aromatic N) is 5. The molecule has 20 heavy (non-hydrogen) atoms. The van der Waals surface area contributed by atoms with Crippen molar-refractivity contribution in [3.8, 4) is 0 Å². The zero-order valence-corrected chi connectivity index (χ0v) is 14.4. The Kier molecular flexibility index (Phi) is 4.83. The molecular formula is C11H20BrN5O2S. The van der Waals surface area contributed by atoms with Crippen molar-refractivity contribution >= 4 is 26.0 Å². The predicted octanol–water partition coefficient (Wildman–Crippen LogP) is 0.540. The zero-order chi connectivity index (χ0) is 14.9. The third-order valence-corrected chi connectivity index (χ3v) is 6.31. The number of sulfonamides is 1. The second-order valence-corrected chi connectivity index (χ2v) is 8.02. The Hall–Kier alpha value is -0.510. The van der Waals surface area contributed by atoms with Crippen LogP contribution in [0.15, 0.2) is 9.63 Å². The van der Waals surface area contributed by atoms with Crippen molar-refractivity contribution in [2.24, 2.45) is 13.0 Å². The van der Waals surface area contributed by atoms with E-state index in [0.29, 0.717) is 19.0 Å². The lowest BCUT2D eigenvalue weighted by molar-refractivity contribution is 0.224. The SMILES string of the molecule is CN(C)CC1CCN(S(=O)(=O)c2c(Br)nnn2C)CC1. The van der Waals surface area contributed by atoms with E-state index in [1.165, 1.54) is 8.99 Å². The maximum atomic E-state index is 12.6. The minimum Gasteiger partial charge on any atom is -0.309 e. The van der Waals surface area contributed by atoms with Gasteiger partial charge in [0, 0.05) is 26.7 Å². The Balaban J connectivity index is 2.10. The number of aryl methyl sites for hydroxylation is 1. The van der Waals surface area contributed by atoms with Crippen LogP contribution in [0.2, 0.25) is 0 Å². The molecule has 2 heterocycles. The van der Waals surface area contributed by atoms with E-state index >= 15 is 0 Å². The van der Waals surface area contributed by atoms with Crippen LogP contribution < -0.4 is 0 Å². The molecule has 0 spiro atoms. The van der Waals surface area contributed by atoms with E-state index < -0.39 is 10.0 Å². The first-order valence-corrected chi connectivity index (χ1v) is 8.75. The summed E-state index contributed by atoms with van der Waals surface area (Å²) in [6.07, 6.45) is 1.78. The zero-order valence-electron chi connectivity index (χ0n) is 12.0. The van der Waals surface area contributed by atoms with Crippen LogP contribution >= 0.6 is 15.9 Å². The molecule has 0 unspecified atom stereocenters. The molecule has 0 amide bonds. The fraction of sp³-hybridized carbons (Fsp3) is 0.818. The number of aromatic nitrogens is 3. The third-order valence-electron chi connectivity index (χ3n) is 3.52. The van der Waals surface area contributed by atoms with E-state index in [4.69, 9.17) is 0 Å². The largest absolute Gasteiger partial charge is 0.309 e. The average molecular weight is 366 g/mol. The highest BCUT2D eigenvalue weighted by Crippen LogP contribution is 2.26. The highest BCUT2D eigenvalue weighted by molar-refractivity contribution is 9.10. The van der Waals surface area contributed by atoms with Crippen LogP contribution in [-0.2, 0) is 17.1 Å². The summed E-state index contributed by atoms with van der Waals surface area (Å²) >= 11 is 3.16. The number of hydrogen-bond acceptors (Lipinski definition) is 5. The molecule has 1 fully saturated rings. The normalized spacial score (nSPS) is 18.9. The first-order chi connectivity index (χ1) is 9.32. The molecule has 0 N–H and O–H groups in total. The van der Waals surface area contributed by atoms with E-state index in [1.807, 2.05) is 14.1 Å². The summed E-state index contributed by atoms with van der Waals surface area (Å²) < 4.78 is 28.3. The molecule has 0 aliphatic carbocycles.